The molecular formula is C18H22N4O7S. The minimum absolute atomic E-state index is 0.00433. The maximum Gasteiger partial charge on any atom is 0.348 e. The van der Waals surface area contributed by atoms with Gasteiger partial charge in [0.2, 0.25) is 5.69 Å². The Kier molecular flexibility index (Phi) is 7.27. The van der Waals surface area contributed by atoms with Gasteiger partial charge < -0.3 is 14.8 Å². The van der Waals surface area contributed by atoms with Gasteiger partial charge >= 0.3 is 17.6 Å². The maximum atomic E-state index is 12.9. The van der Waals surface area contributed by atoms with Gasteiger partial charge in [0, 0.05) is 6.54 Å². The average Bonchev–Trinajstić information content (AvgIpc) is 3.22. The molecule has 0 radical (unpaired) electrons. The fourth-order valence-electron chi connectivity index (χ4n) is 2.66. The highest BCUT2D eigenvalue weighted by atomic mass is 32.1. The van der Waals surface area contributed by atoms with Gasteiger partial charge in [0.1, 0.15) is 16.1 Å². The van der Waals surface area contributed by atoms with Crippen molar-refractivity contribution in [2.75, 3.05) is 11.9 Å². The molecule has 0 saturated carbocycles. The SMILES string of the molecule is CCOC(=O)c1sc(NC(=O)c2c([N+](=O)[O-])cnn2CC)c(C(=O)OC(C)C)c1C. The second-order valence-corrected chi connectivity index (χ2v) is 7.36. The summed E-state index contributed by atoms with van der Waals surface area (Å²) in [4.78, 5) is 48.4. The number of carbonyl (C=O) groups excluding carboxylic acids is 3. The van der Waals surface area contributed by atoms with Crippen LogP contribution in [0.2, 0.25) is 0 Å². The summed E-state index contributed by atoms with van der Waals surface area (Å²) >= 11 is 0.836. The minimum Gasteiger partial charge on any atom is -0.462 e. The van der Waals surface area contributed by atoms with Crippen LogP contribution in [0.4, 0.5) is 10.7 Å². The predicted molar refractivity (Wildman–Crippen MR) is 108 cm³/mol. The standard InChI is InChI=1S/C18H22N4O7S/c1-6-21-13(11(8-19-21)22(26)27)15(23)20-16-12(17(24)29-9(3)4)10(5)14(30-16)18(25)28-7-2/h8-9H,6-7H2,1-5H3,(H,20,23). The normalized spacial score (nSPS) is 10.7. The molecule has 0 spiro atoms. The lowest BCUT2D eigenvalue weighted by Crippen LogP contribution is -2.20. The van der Waals surface area contributed by atoms with Crippen LogP contribution in [0.1, 0.15) is 63.8 Å². The summed E-state index contributed by atoms with van der Waals surface area (Å²) in [5.41, 5.74) is -0.456. The van der Waals surface area contributed by atoms with E-state index in [0.717, 1.165) is 17.5 Å². The lowest BCUT2D eigenvalue weighted by Gasteiger charge is -2.10. The molecule has 11 nitrogen and oxygen atoms in total. The molecule has 0 aliphatic rings. The summed E-state index contributed by atoms with van der Waals surface area (Å²) in [7, 11) is 0. The lowest BCUT2D eigenvalue weighted by molar-refractivity contribution is -0.385. The summed E-state index contributed by atoms with van der Waals surface area (Å²) in [6.45, 7) is 8.52. The van der Waals surface area contributed by atoms with E-state index in [4.69, 9.17) is 9.47 Å². The Morgan fingerprint density at radius 3 is 2.50 bits per heavy atom. The van der Waals surface area contributed by atoms with Crippen LogP contribution < -0.4 is 5.32 Å². The summed E-state index contributed by atoms with van der Waals surface area (Å²) in [5, 5.41) is 17.6. The predicted octanol–water partition coefficient (Wildman–Crippen LogP) is 3.18. The van der Waals surface area contributed by atoms with Crippen LogP contribution in [0, 0.1) is 17.0 Å². The smallest absolute Gasteiger partial charge is 0.348 e. The molecule has 12 heteroatoms. The minimum atomic E-state index is -0.837. The van der Waals surface area contributed by atoms with E-state index in [9.17, 15) is 24.5 Å². The van der Waals surface area contributed by atoms with Crippen LogP contribution in [0.25, 0.3) is 0 Å². The molecule has 0 aliphatic carbocycles. The number of aromatic nitrogens is 2. The van der Waals surface area contributed by atoms with Crippen molar-refractivity contribution in [3.8, 4) is 0 Å². The summed E-state index contributed by atoms with van der Waals surface area (Å²) in [6.07, 6.45) is 0.546. The van der Waals surface area contributed by atoms with E-state index in [1.807, 2.05) is 0 Å². The van der Waals surface area contributed by atoms with Gasteiger partial charge in [-0.2, -0.15) is 5.10 Å². The number of nitrogens with zero attached hydrogens (tertiary/aromatic N) is 3. The highest BCUT2D eigenvalue weighted by Gasteiger charge is 2.31. The largest absolute Gasteiger partial charge is 0.462 e. The molecule has 2 rings (SSSR count). The number of amides is 1. The monoisotopic (exact) mass is 438 g/mol. The van der Waals surface area contributed by atoms with Gasteiger partial charge in [0.25, 0.3) is 5.91 Å². The lowest BCUT2D eigenvalue weighted by atomic mass is 10.1. The first kappa shape index (κ1) is 23.0. The summed E-state index contributed by atoms with van der Waals surface area (Å²) in [5.74, 6) is -2.22. The molecule has 30 heavy (non-hydrogen) atoms. The molecule has 0 atom stereocenters. The molecule has 0 fully saturated rings. The number of rotatable bonds is 8. The molecule has 1 amide bonds. The number of esters is 2. The molecule has 162 valence electrons. The Bertz CT molecular complexity index is 993. The number of ether oxygens (including phenoxy) is 2. The van der Waals surface area contributed by atoms with E-state index in [0.29, 0.717) is 0 Å². The van der Waals surface area contributed by atoms with Crippen molar-refractivity contribution in [1.29, 1.82) is 0 Å². The van der Waals surface area contributed by atoms with Crippen molar-refractivity contribution >= 4 is 39.9 Å². The number of carbonyl (C=O) groups is 3. The Morgan fingerprint density at radius 1 is 1.30 bits per heavy atom. The third kappa shape index (κ3) is 4.64. The number of anilines is 1. The summed E-state index contributed by atoms with van der Waals surface area (Å²) in [6, 6.07) is 0. The van der Waals surface area contributed by atoms with Gasteiger partial charge in [-0.1, -0.05) is 0 Å². The molecule has 2 aromatic rings. The molecular weight excluding hydrogens is 416 g/mol. The van der Waals surface area contributed by atoms with Crippen molar-refractivity contribution in [3.05, 3.63) is 38.0 Å². The Morgan fingerprint density at radius 2 is 1.97 bits per heavy atom. The molecule has 2 heterocycles. The summed E-state index contributed by atoms with van der Waals surface area (Å²) < 4.78 is 11.4. The molecule has 0 bridgehead atoms. The van der Waals surface area contributed by atoms with Gasteiger partial charge in [-0.15, -0.1) is 11.3 Å². The number of hydrogen-bond acceptors (Lipinski definition) is 9. The zero-order chi connectivity index (χ0) is 22.6. The quantitative estimate of drug-likeness (QED) is 0.376. The highest BCUT2D eigenvalue weighted by molar-refractivity contribution is 7.18. The van der Waals surface area contributed by atoms with E-state index in [2.05, 4.69) is 10.4 Å². The zero-order valence-electron chi connectivity index (χ0n) is 17.2. The Balaban J connectivity index is 2.53. The second-order valence-electron chi connectivity index (χ2n) is 6.34. The van der Waals surface area contributed by atoms with Crippen molar-refractivity contribution in [2.45, 2.75) is 47.3 Å². The number of nitrogens with one attached hydrogen (secondary N) is 1. The maximum absolute atomic E-state index is 12.9. The van der Waals surface area contributed by atoms with Crippen LogP contribution in [0.15, 0.2) is 6.20 Å². The van der Waals surface area contributed by atoms with E-state index < -0.39 is 34.6 Å². The molecule has 1 N–H and O–H groups in total. The topological polar surface area (TPSA) is 143 Å². The van der Waals surface area contributed by atoms with Crippen molar-refractivity contribution < 1.29 is 28.8 Å². The third-order valence-corrected chi connectivity index (χ3v) is 5.10. The highest BCUT2D eigenvalue weighted by Crippen LogP contribution is 2.35. The fourth-order valence-corrected chi connectivity index (χ4v) is 3.74. The Hall–Kier alpha value is -3.28. The second kappa shape index (κ2) is 9.48. The van der Waals surface area contributed by atoms with Gasteiger partial charge in [-0.25, -0.2) is 9.59 Å². The average molecular weight is 438 g/mol. The molecule has 0 saturated heterocycles. The third-order valence-electron chi connectivity index (χ3n) is 3.91. The Labute approximate surface area is 176 Å². The van der Waals surface area contributed by atoms with Crippen molar-refractivity contribution in [2.24, 2.45) is 0 Å². The van der Waals surface area contributed by atoms with E-state index in [-0.39, 0.29) is 39.9 Å². The van der Waals surface area contributed by atoms with Crippen molar-refractivity contribution in [1.82, 2.24) is 9.78 Å². The van der Waals surface area contributed by atoms with E-state index in [1.165, 1.54) is 11.6 Å². The van der Waals surface area contributed by atoms with Crippen LogP contribution >= 0.6 is 11.3 Å². The van der Waals surface area contributed by atoms with Crippen LogP contribution in [0.5, 0.6) is 0 Å². The zero-order valence-corrected chi connectivity index (χ0v) is 18.0. The van der Waals surface area contributed by atoms with E-state index in [1.54, 1.807) is 27.7 Å². The first-order chi connectivity index (χ1) is 14.1. The van der Waals surface area contributed by atoms with Gasteiger partial charge in [-0.3, -0.25) is 19.6 Å². The molecule has 0 aromatic carbocycles. The molecule has 0 unspecified atom stereocenters. The number of aryl methyl sites for hydroxylation is 1. The number of hydrogen-bond donors (Lipinski definition) is 1. The number of nitro groups is 1. The fraction of sp³-hybridized carbons (Fsp3) is 0.444. The van der Waals surface area contributed by atoms with Crippen LogP contribution in [0.3, 0.4) is 0 Å². The molecule has 0 aliphatic heterocycles. The van der Waals surface area contributed by atoms with Crippen LogP contribution in [-0.2, 0) is 16.0 Å². The molecule has 2 aromatic heterocycles. The van der Waals surface area contributed by atoms with Gasteiger partial charge in [0.15, 0.2) is 0 Å². The van der Waals surface area contributed by atoms with Crippen LogP contribution in [-0.4, -0.2) is 45.3 Å². The van der Waals surface area contributed by atoms with E-state index >= 15 is 0 Å². The van der Waals surface area contributed by atoms with Gasteiger partial charge in [0.05, 0.1) is 23.2 Å². The first-order valence-corrected chi connectivity index (χ1v) is 9.96. The van der Waals surface area contributed by atoms with Gasteiger partial charge in [-0.05, 0) is 40.2 Å². The number of thiophene rings is 1. The first-order valence-electron chi connectivity index (χ1n) is 9.15. The van der Waals surface area contributed by atoms with Crippen molar-refractivity contribution in [3.63, 3.8) is 0 Å².